The first-order valence-corrected chi connectivity index (χ1v) is 8.00. The van der Waals surface area contributed by atoms with Gasteiger partial charge in [-0.15, -0.1) is 0 Å². The molecule has 0 fully saturated rings. The number of alkyl halides is 3. The molecule has 3 nitrogen and oxygen atoms in total. The van der Waals surface area contributed by atoms with E-state index in [1.807, 2.05) is 0 Å². The van der Waals surface area contributed by atoms with E-state index in [1.54, 1.807) is 0 Å². The van der Waals surface area contributed by atoms with E-state index in [-0.39, 0.29) is 5.75 Å². The zero-order valence-electron chi connectivity index (χ0n) is 9.16. The molecule has 0 amide bonds. The standard InChI is InChI=1S/C8H6F3O.C3H4O2.Sn/c1-6-2-4-7(5-3-6)12-8(9,10)11;1-2-3(4)5;/h2-5H,1H2;2H,1H2,(H,4,5);/q;;+1/p-1. The molecule has 1 rings (SSSR count). The molecule has 1 aromatic rings. The summed E-state index contributed by atoms with van der Waals surface area (Å²) >= 11 is -1.35. The van der Waals surface area contributed by atoms with Crippen molar-refractivity contribution >= 4 is 27.5 Å². The van der Waals surface area contributed by atoms with Crippen LogP contribution in [0.25, 0.3) is 0 Å². The summed E-state index contributed by atoms with van der Waals surface area (Å²) in [6.07, 6.45) is -3.60. The van der Waals surface area contributed by atoms with Crippen molar-refractivity contribution in [1.29, 1.82) is 0 Å². The van der Waals surface area contributed by atoms with Crippen LogP contribution in [0, 0.1) is 0 Å². The number of benzene rings is 1. The SMILES string of the molecule is C=CC(=O)[O][Sn][CH2]c1ccc(OC(F)(F)F)cc1. The quantitative estimate of drug-likeness (QED) is 0.594. The molecule has 0 aliphatic rings. The zero-order valence-corrected chi connectivity index (χ0v) is 12.0. The van der Waals surface area contributed by atoms with E-state index in [9.17, 15) is 18.0 Å². The third-order valence-electron chi connectivity index (χ3n) is 1.77. The molecule has 0 spiro atoms. The number of carbonyl (C=O) groups excluding carboxylic acids is 1. The van der Waals surface area contributed by atoms with Gasteiger partial charge in [0.2, 0.25) is 0 Å². The van der Waals surface area contributed by atoms with E-state index < -0.39 is 33.9 Å². The molecular formula is C11H9F3O3Sn. The first-order valence-electron chi connectivity index (χ1n) is 4.81. The maximum absolute atomic E-state index is 11.9. The number of carbonyl (C=O) groups is 1. The molecule has 7 heteroatoms. The molecule has 0 aliphatic heterocycles. The Kier molecular flexibility index (Phi) is 5.51. The van der Waals surface area contributed by atoms with Gasteiger partial charge in [0.05, 0.1) is 0 Å². The first kappa shape index (κ1) is 14.9. The summed E-state index contributed by atoms with van der Waals surface area (Å²) in [5.41, 5.74) is 0.813. The predicted molar refractivity (Wildman–Crippen MR) is 58.9 cm³/mol. The van der Waals surface area contributed by atoms with Crippen molar-refractivity contribution < 1.29 is 25.8 Å². The van der Waals surface area contributed by atoms with Crippen molar-refractivity contribution in [2.45, 2.75) is 10.8 Å². The molecule has 0 saturated heterocycles. The van der Waals surface area contributed by atoms with Gasteiger partial charge in [-0.2, -0.15) is 0 Å². The summed E-state index contributed by atoms with van der Waals surface area (Å²) in [4.78, 5) is 10.8. The van der Waals surface area contributed by atoms with Crippen LogP contribution in [-0.2, 0) is 12.3 Å². The van der Waals surface area contributed by atoms with Crippen LogP contribution >= 0.6 is 0 Å². The molecule has 0 atom stereocenters. The normalized spacial score (nSPS) is 10.8. The van der Waals surface area contributed by atoms with Crippen LogP contribution in [0.2, 0.25) is 0 Å². The predicted octanol–water partition coefficient (Wildman–Crippen LogP) is 2.43. The Morgan fingerprint density at radius 1 is 1.33 bits per heavy atom. The van der Waals surface area contributed by atoms with Gasteiger partial charge in [0, 0.05) is 0 Å². The summed E-state index contributed by atoms with van der Waals surface area (Å²) in [6, 6.07) is 5.50. The van der Waals surface area contributed by atoms with E-state index >= 15 is 0 Å². The van der Waals surface area contributed by atoms with Gasteiger partial charge in [-0.25, -0.2) is 0 Å². The fraction of sp³-hybridized carbons (Fsp3) is 0.182. The van der Waals surface area contributed by atoms with Crippen molar-refractivity contribution in [1.82, 2.24) is 0 Å². The van der Waals surface area contributed by atoms with Gasteiger partial charge in [-0.1, -0.05) is 0 Å². The molecule has 0 aliphatic carbocycles. The van der Waals surface area contributed by atoms with Gasteiger partial charge in [0.1, 0.15) is 0 Å². The summed E-state index contributed by atoms with van der Waals surface area (Å²) < 4.78 is 44.9. The van der Waals surface area contributed by atoms with Gasteiger partial charge >= 0.3 is 112 Å². The molecule has 0 N–H and O–H groups in total. The van der Waals surface area contributed by atoms with E-state index in [4.69, 9.17) is 3.07 Å². The number of ether oxygens (including phenoxy) is 1. The number of hydrogen-bond donors (Lipinski definition) is 0. The molecule has 0 saturated carbocycles. The second-order valence-electron chi connectivity index (χ2n) is 3.14. The van der Waals surface area contributed by atoms with E-state index in [1.165, 1.54) is 24.3 Å². The number of halogens is 3. The Bertz CT molecular complexity index is 415. The Labute approximate surface area is 112 Å². The van der Waals surface area contributed by atoms with Gasteiger partial charge in [-0.3, -0.25) is 0 Å². The van der Waals surface area contributed by atoms with Gasteiger partial charge in [-0.05, 0) is 0 Å². The van der Waals surface area contributed by atoms with Gasteiger partial charge < -0.3 is 0 Å². The van der Waals surface area contributed by atoms with Crippen LogP contribution < -0.4 is 4.74 Å². The molecule has 1 aromatic carbocycles. The summed E-state index contributed by atoms with van der Waals surface area (Å²) in [6.45, 7) is 3.26. The molecule has 18 heavy (non-hydrogen) atoms. The summed E-state index contributed by atoms with van der Waals surface area (Å²) in [5, 5.41) is 0. The Balaban J connectivity index is 2.45. The second-order valence-corrected chi connectivity index (χ2v) is 5.55. The van der Waals surface area contributed by atoms with Crippen molar-refractivity contribution in [2.24, 2.45) is 0 Å². The van der Waals surface area contributed by atoms with Crippen LogP contribution in [-0.4, -0.2) is 33.9 Å². The molecule has 0 heterocycles. The van der Waals surface area contributed by atoms with E-state index in [2.05, 4.69) is 11.3 Å². The minimum atomic E-state index is -4.68. The van der Waals surface area contributed by atoms with E-state index in [0.29, 0.717) is 4.44 Å². The molecule has 96 valence electrons. The summed E-state index contributed by atoms with van der Waals surface area (Å²) in [5.74, 6) is -0.724. The molecule has 0 aromatic heterocycles. The second kappa shape index (κ2) is 6.67. The van der Waals surface area contributed by atoms with Crippen LogP contribution in [0.1, 0.15) is 5.56 Å². The molecule has 0 bridgehead atoms. The van der Waals surface area contributed by atoms with Crippen molar-refractivity contribution in [3.05, 3.63) is 42.5 Å². The van der Waals surface area contributed by atoms with Crippen molar-refractivity contribution in [3.8, 4) is 5.75 Å². The van der Waals surface area contributed by atoms with E-state index in [0.717, 1.165) is 11.6 Å². The molecular weight excluding hydrogens is 356 g/mol. The number of rotatable bonds is 5. The van der Waals surface area contributed by atoms with Gasteiger partial charge in [0.15, 0.2) is 0 Å². The average Bonchev–Trinajstić information content (AvgIpc) is 2.29. The fourth-order valence-corrected chi connectivity index (χ4v) is 3.04. The monoisotopic (exact) mass is 366 g/mol. The number of hydrogen-bond acceptors (Lipinski definition) is 3. The Morgan fingerprint density at radius 2 is 1.94 bits per heavy atom. The summed E-state index contributed by atoms with van der Waals surface area (Å²) in [7, 11) is 0. The molecule has 2 radical (unpaired) electrons. The zero-order chi connectivity index (χ0) is 13.6. The maximum atomic E-state index is 11.9. The Morgan fingerprint density at radius 3 is 2.44 bits per heavy atom. The van der Waals surface area contributed by atoms with Crippen molar-refractivity contribution in [3.63, 3.8) is 0 Å². The average molecular weight is 365 g/mol. The Hall–Kier alpha value is -1.18. The van der Waals surface area contributed by atoms with Crippen LogP contribution in [0.3, 0.4) is 0 Å². The van der Waals surface area contributed by atoms with Crippen molar-refractivity contribution in [2.75, 3.05) is 0 Å². The third-order valence-corrected chi connectivity index (χ3v) is 4.34. The topological polar surface area (TPSA) is 35.5 Å². The first-order chi connectivity index (χ1) is 8.40. The third kappa shape index (κ3) is 5.94. The van der Waals surface area contributed by atoms with Crippen LogP contribution in [0.4, 0.5) is 13.2 Å². The molecule has 0 unspecified atom stereocenters. The van der Waals surface area contributed by atoms with Gasteiger partial charge in [0.25, 0.3) is 0 Å². The minimum absolute atomic E-state index is 0.264. The fourth-order valence-electron chi connectivity index (χ4n) is 1.04. The van der Waals surface area contributed by atoms with Crippen LogP contribution in [0.15, 0.2) is 36.9 Å². The van der Waals surface area contributed by atoms with Crippen LogP contribution in [0.5, 0.6) is 5.75 Å².